The van der Waals surface area contributed by atoms with E-state index < -0.39 is 11.6 Å². The van der Waals surface area contributed by atoms with E-state index in [0.29, 0.717) is 23.3 Å². The first kappa shape index (κ1) is 18.0. The molecule has 2 heterocycles. The molecule has 1 amide bonds. The van der Waals surface area contributed by atoms with Crippen LogP contribution in [0.15, 0.2) is 30.3 Å². The monoisotopic (exact) mass is 358 g/mol. The van der Waals surface area contributed by atoms with E-state index in [-0.39, 0.29) is 17.3 Å². The summed E-state index contributed by atoms with van der Waals surface area (Å²) in [5.41, 5.74) is 1.88. The van der Waals surface area contributed by atoms with Crippen molar-refractivity contribution in [1.82, 2.24) is 14.5 Å². The number of hydrogen-bond acceptors (Lipinski definition) is 3. The van der Waals surface area contributed by atoms with Gasteiger partial charge in [0.1, 0.15) is 5.52 Å². The lowest BCUT2D eigenvalue weighted by Gasteiger charge is -2.17. The molecule has 3 rings (SSSR count). The normalized spacial score (nSPS) is 11.8. The third kappa shape index (κ3) is 3.71. The van der Waals surface area contributed by atoms with Crippen LogP contribution in [0.25, 0.3) is 16.9 Å². The molecule has 5 nitrogen and oxygen atoms in total. The third-order valence-electron chi connectivity index (χ3n) is 3.75. The van der Waals surface area contributed by atoms with E-state index in [1.54, 1.807) is 12.1 Å². The standard InChI is InChI=1S/C19H20F2N4O/c1-11-5-8-15-17(22-11)25(12-6-7-13(20)14(21)9-12)18(23-15)24-16(26)10-19(2,3)4/h5-9H,10H2,1-4H3,(H,23,24,26). The molecule has 26 heavy (non-hydrogen) atoms. The number of aryl methyl sites for hydroxylation is 1. The fourth-order valence-corrected chi connectivity index (χ4v) is 2.65. The van der Waals surface area contributed by atoms with Crippen LogP contribution in [0.2, 0.25) is 0 Å². The highest BCUT2D eigenvalue weighted by molar-refractivity contribution is 5.92. The molecule has 0 spiro atoms. The number of carbonyl (C=O) groups excluding carboxylic acids is 1. The number of pyridine rings is 1. The van der Waals surface area contributed by atoms with Gasteiger partial charge in [0, 0.05) is 18.2 Å². The van der Waals surface area contributed by atoms with Gasteiger partial charge in [0.05, 0.1) is 5.69 Å². The Bertz CT molecular complexity index is 989. The quantitative estimate of drug-likeness (QED) is 0.756. The molecule has 0 unspecified atom stereocenters. The summed E-state index contributed by atoms with van der Waals surface area (Å²) in [6, 6.07) is 7.08. The van der Waals surface area contributed by atoms with Gasteiger partial charge in [-0.1, -0.05) is 20.8 Å². The van der Waals surface area contributed by atoms with Crippen LogP contribution in [0, 0.1) is 24.0 Å². The van der Waals surface area contributed by atoms with Crippen molar-refractivity contribution in [1.29, 1.82) is 0 Å². The molecule has 0 fully saturated rings. The van der Waals surface area contributed by atoms with Crippen molar-refractivity contribution in [2.24, 2.45) is 5.41 Å². The summed E-state index contributed by atoms with van der Waals surface area (Å²) in [6.45, 7) is 7.68. The van der Waals surface area contributed by atoms with Gasteiger partial charge in [-0.2, -0.15) is 0 Å². The number of benzene rings is 1. The van der Waals surface area contributed by atoms with Gasteiger partial charge in [0.2, 0.25) is 11.9 Å². The SMILES string of the molecule is Cc1ccc2nc(NC(=O)CC(C)(C)C)n(-c3ccc(F)c(F)c3)c2n1. The van der Waals surface area contributed by atoms with Gasteiger partial charge in [-0.15, -0.1) is 0 Å². The Morgan fingerprint density at radius 2 is 1.85 bits per heavy atom. The van der Waals surface area contributed by atoms with Gasteiger partial charge in [0.25, 0.3) is 0 Å². The third-order valence-corrected chi connectivity index (χ3v) is 3.75. The van der Waals surface area contributed by atoms with Crippen LogP contribution >= 0.6 is 0 Å². The maximum Gasteiger partial charge on any atom is 0.227 e. The lowest BCUT2D eigenvalue weighted by atomic mass is 9.92. The lowest BCUT2D eigenvalue weighted by Crippen LogP contribution is -2.21. The first-order chi connectivity index (χ1) is 12.1. The van der Waals surface area contributed by atoms with Crippen molar-refractivity contribution in [3.05, 3.63) is 47.7 Å². The van der Waals surface area contributed by atoms with E-state index in [0.717, 1.165) is 17.8 Å². The van der Waals surface area contributed by atoms with Crippen LogP contribution in [-0.2, 0) is 4.79 Å². The van der Waals surface area contributed by atoms with Crippen molar-refractivity contribution in [2.75, 3.05) is 5.32 Å². The Balaban J connectivity index is 2.13. The van der Waals surface area contributed by atoms with E-state index in [1.165, 1.54) is 10.6 Å². The molecule has 1 N–H and O–H groups in total. The van der Waals surface area contributed by atoms with Crippen molar-refractivity contribution in [3.63, 3.8) is 0 Å². The number of nitrogens with one attached hydrogen (secondary N) is 1. The van der Waals surface area contributed by atoms with Crippen LogP contribution in [0.1, 0.15) is 32.9 Å². The zero-order valence-corrected chi connectivity index (χ0v) is 15.1. The smallest absolute Gasteiger partial charge is 0.227 e. The molecule has 0 bridgehead atoms. The summed E-state index contributed by atoms with van der Waals surface area (Å²) in [6.07, 6.45) is 0.292. The van der Waals surface area contributed by atoms with E-state index in [1.807, 2.05) is 27.7 Å². The number of aromatic nitrogens is 3. The Hall–Kier alpha value is -2.83. The first-order valence-electron chi connectivity index (χ1n) is 8.25. The van der Waals surface area contributed by atoms with Crippen LogP contribution in [-0.4, -0.2) is 20.4 Å². The second-order valence-electron chi connectivity index (χ2n) is 7.45. The maximum absolute atomic E-state index is 13.8. The number of hydrogen-bond donors (Lipinski definition) is 1. The summed E-state index contributed by atoms with van der Waals surface area (Å²) in [5, 5.41) is 2.77. The molecular formula is C19H20F2N4O. The van der Waals surface area contributed by atoms with Gasteiger partial charge in [-0.3, -0.25) is 14.7 Å². The molecule has 1 aromatic carbocycles. The van der Waals surface area contributed by atoms with Crippen LogP contribution < -0.4 is 5.32 Å². The second kappa shape index (κ2) is 6.48. The summed E-state index contributed by atoms with van der Waals surface area (Å²) < 4.78 is 28.6. The Morgan fingerprint density at radius 3 is 2.50 bits per heavy atom. The molecule has 0 aliphatic heterocycles. The van der Waals surface area contributed by atoms with Crippen molar-refractivity contribution >= 4 is 23.0 Å². The number of halogens is 2. The van der Waals surface area contributed by atoms with Crippen LogP contribution in [0.3, 0.4) is 0 Å². The molecule has 0 atom stereocenters. The van der Waals surface area contributed by atoms with E-state index >= 15 is 0 Å². The fraction of sp³-hybridized carbons (Fsp3) is 0.316. The summed E-state index contributed by atoms with van der Waals surface area (Å²) >= 11 is 0. The highest BCUT2D eigenvalue weighted by Gasteiger charge is 2.20. The summed E-state index contributed by atoms with van der Waals surface area (Å²) in [7, 11) is 0. The molecule has 0 saturated carbocycles. The maximum atomic E-state index is 13.8. The lowest BCUT2D eigenvalue weighted by molar-refractivity contribution is -0.117. The van der Waals surface area contributed by atoms with Gasteiger partial charge in [0.15, 0.2) is 17.3 Å². The summed E-state index contributed by atoms with van der Waals surface area (Å²) in [4.78, 5) is 21.2. The minimum atomic E-state index is -0.982. The molecular weight excluding hydrogens is 338 g/mol. The first-order valence-corrected chi connectivity index (χ1v) is 8.25. The van der Waals surface area contributed by atoms with E-state index in [4.69, 9.17) is 0 Å². The molecule has 0 aliphatic carbocycles. The highest BCUT2D eigenvalue weighted by Crippen LogP contribution is 2.26. The number of rotatable bonds is 3. The molecule has 136 valence electrons. The van der Waals surface area contributed by atoms with Gasteiger partial charge in [-0.25, -0.2) is 18.7 Å². The minimum absolute atomic E-state index is 0.197. The number of nitrogens with zero attached hydrogens (tertiary/aromatic N) is 3. The van der Waals surface area contributed by atoms with Crippen LogP contribution in [0.5, 0.6) is 0 Å². The molecule has 7 heteroatoms. The Labute approximate surface area is 150 Å². The van der Waals surface area contributed by atoms with Crippen molar-refractivity contribution in [2.45, 2.75) is 34.1 Å². The van der Waals surface area contributed by atoms with Crippen molar-refractivity contribution < 1.29 is 13.6 Å². The number of imidazole rings is 1. The topological polar surface area (TPSA) is 59.8 Å². The number of amides is 1. The fourth-order valence-electron chi connectivity index (χ4n) is 2.65. The number of anilines is 1. The molecule has 0 radical (unpaired) electrons. The Morgan fingerprint density at radius 1 is 1.12 bits per heavy atom. The number of fused-ring (bicyclic) bond motifs is 1. The highest BCUT2D eigenvalue weighted by atomic mass is 19.2. The van der Waals surface area contributed by atoms with Crippen LogP contribution in [0.4, 0.5) is 14.7 Å². The zero-order chi connectivity index (χ0) is 19.1. The summed E-state index contributed by atoms with van der Waals surface area (Å²) in [5.74, 6) is -1.92. The van der Waals surface area contributed by atoms with Gasteiger partial charge in [-0.05, 0) is 36.6 Å². The van der Waals surface area contributed by atoms with E-state index in [9.17, 15) is 13.6 Å². The van der Waals surface area contributed by atoms with Crippen molar-refractivity contribution in [3.8, 4) is 5.69 Å². The zero-order valence-electron chi connectivity index (χ0n) is 15.1. The Kier molecular flexibility index (Phi) is 4.48. The molecule has 3 aromatic rings. The largest absolute Gasteiger partial charge is 0.296 e. The predicted octanol–water partition coefficient (Wildman–Crippen LogP) is 4.38. The molecule has 0 saturated heterocycles. The molecule has 2 aromatic heterocycles. The average molecular weight is 358 g/mol. The number of carbonyl (C=O) groups is 1. The van der Waals surface area contributed by atoms with E-state index in [2.05, 4.69) is 15.3 Å². The van der Waals surface area contributed by atoms with Gasteiger partial charge < -0.3 is 0 Å². The molecule has 0 aliphatic rings. The minimum Gasteiger partial charge on any atom is -0.296 e. The second-order valence-corrected chi connectivity index (χ2v) is 7.45. The average Bonchev–Trinajstić information content (AvgIpc) is 2.85. The predicted molar refractivity (Wildman–Crippen MR) is 96.2 cm³/mol. The van der Waals surface area contributed by atoms with Gasteiger partial charge >= 0.3 is 0 Å².